The lowest BCUT2D eigenvalue weighted by Gasteiger charge is -2.39. The Kier molecular flexibility index (Phi) is 11.1. The zero-order valence-corrected chi connectivity index (χ0v) is 23.7. The molecule has 5 unspecified atom stereocenters. The maximum atomic E-state index is 11.7. The first-order valence-corrected chi connectivity index (χ1v) is 13.9. The summed E-state index contributed by atoms with van der Waals surface area (Å²) in [6.45, 7) is 6.62. The zero-order valence-electron chi connectivity index (χ0n) is 23.7. The molecule has 1 saturated heterocycles. The summed E-state index contributed by atoms with van der Waals surface area (Å²) in [5, 5.41) is 23.2. The van der Waals surface area contributed by atoms with Crippen LogP contribution in [0.15, 0.2) is 91.5 Å². The van der Waals surface area contributed by atoms with Gasteiger partial charge in [0, 0.05) is 31.1 Å². The van der Waals surface area contributed by atoms with Gasteiger partial charge in [-0.1, -0.05) is 91.5 Å². The first kappa shape index (κ1) is 30.4. The van der Waals surface area contributed by atoms with Crippen molar-refractivity contribution in [2.75, 3.05) is 20.2 Å². The molecule has 3 aromatic rings. The first-order chi connectivity index (χ1) is 19.9. The number of ether oxygens (including phenoxy) is 3. The van der Waals surface area contributed by atoms with Crippen LogP contribution in [0.5, 0.6) is 0 Å². The largest absolute Gasteiger partial charge is 0.445 e. The van der Waals surface area contributed by atoms with Gasteiger partial charge in [-0.05, 0) is 36.2 Å². The molecule has 1 amide bonds. The SMILES string of the molecule is C=CCOC(=O)NCc1ccc(C2OC(CN(C)C(C)C(O)c3ccccc3)CC(c3ccc(CO)cc3)O2)cc1. The lowest BCUT2D eigenvalue weighted by atomic mass is 9.98. The van der Waals surface area contributed by atoms with E-state index >= 15 is 0 Å². The molecule has 0 aromatic heterocycles. The number of hydrogen-bond acceptors (Lipinski definition) is 7. The summed E-state index contributed by atoms with van der Waals surface area (Å²) in [6, 6.07) is 25.1. The smallest absolute Gasteiger partial charge is 0.407 e. The molecule has 3 aromatic carbocycles. The van der Waals surface area contributed by atoms with Crippen molar-refractivity contribution in [1.29, 1.82) is 0 Å². The highest BCUT2D eigenvalue weighted by atomic mass is 16.7. The Morgan fingerprint density at radius 2 is 1.71 bits per heavy atom. The van der Waals surface area contributed by atoms with Crippen LogP contribution < -0.4 is 5.32 Å². The van der Waals surface area contributed by atoms with Crippen LogP contribution in [0.25, 0.3) is 0 Å². The monoisotopic (exact) mass is 560 g/mol. The minimum atomic E-state index is -0.631. The maximum Gasteiger partial charge on any atom is 0.407 e. The van der Waals surface area contributed by atoms with Gasteiger partial charge in [-0.3, -0.25) is 4.90 Å². The summed E-state index contributed by atoms with van der Waals surface area (Å²) in [5.74, 6) is 0. The molecule has 0 saturated carbocycles. The van der Waals surface area contributed by atoms with E-state index in [1.165, 1.54) is 6.08 Å². The number of likely N-dealkylation sites (N-methyl/N-ethyl adjacent to an activating group) is 1. The highest BCUT2D eigenvalue weighted by molar-refractivity contribution is 5.67. The van der Waals surface area contributed by atoms with E-state index in [4.69, 9.17) is 14.2 Å². The second-order valence-corrected chi connectivity index (χ2v) is 10.4. The van der Waals surface area contributed by atoms with Gasteiger partial charge in [0.25, 0.3) is 0 Å². The molecule has 218 valence electrons. The van der Waals surface area contributed by atoms with Gasteiger partial charge in [-0.2, -0.15) is 0 Å². The molecule has 0 bridgehead atoms. The number of aliphatic hydroxyl groups excluding tert-OH is 2. The van der Waals surface area contributed by atoms with Crippen molar-refractivity contribution in [2.45, 2.75) is 57.1 Å². The Morgan fingerprint density at radius 1 is 1.05 bits per heavy atom. The van der Waals surface area contributed by atoms with E-state index in [9.17, 15) is 15.0 Å². The molecule has 0 aliphatic carbocycles. The number of hydrogen-bond donors (Lipinski definition) is 3. The number of nitrogens with zero attached hydrogens (tertiary/aromatic N) is 1. The van der Waals surface area contributed by atoms with E-state index in [1.54, 1.807) is 0 Å². The molecule has 8 heteroatoms. The van der Waals surface area contributed by atoms with Crippen LogP contribution in [0.4, 0.5) is 4.79 Å². The molecule has 0 radical (unpaired) electrons. The van der Waals surface area contributed by atoms with Crippen molar-refractivity contribution in [1.82, 2.24) is 10.2 Å². The summed E-state index contributed by atoms with van der Waals surface area (Å²) in [6.07, 6.45) is 0.0588. The summed E-state index contributed by atoms with van der Waals surface area (Å²) >= 11 is 0. The number of aliphatic hydroxyl groups is 2. The minimum Gasteiger partial charge on any atom is -0.445 e. The molecule has 3 N–H and O–H groups in total. The minimum absolute atomic E-state index is 0.0141. The molecule has 1 heterocycles. The van der Waals surface area contributed by atoms with Crippen LogP contribution in [-0.2, 0) is 27.4 Å². The van der Waals surface area contributed by atoms with E-state index < -0.39 is 18.5 Å². The summed E-state index contributed by atoms with van der Waals surface area (Å²) < 4.78 is 17.9. The summed E-state index contributed by atoms with van der Waals surface area (Å²) in [7, 11) is 2.00. The molecule has 1 aliphatic heterocycles. The van der Waals surface area contributed by atoms with Gasteiger partial charge >= 0.3 is 6.09 Å². The maximum absolute atomic E-state index is 11.7. The second kappa shape index (κ2) is 14.9. The van der Waals surface area contributed by atoms with Crippen molar-refractivity contribution < 1.29 is 29.2 Å². The van der Waals surface area contributed by atoms with Crippen LogP contribution in [-0.4, -0.2) is 53.6 Å². The second-order valence-electron chi connectivity index (χ2n) is 10.4. The standard InChI is InChI=1S/C33H40N2O6/c1-4-18-39-33(38)34-20-24-10-16-28(17-11-24)32-40-29(19-30(41-32)26-14-12-25(22-36)13-15-26)21-35(3)23(2)31(37)27-8-6-5-7-9-27/h4-17,23,29-32,36-37H,1,18-22H2,2-3H3,(H,34,38). The predicted molar refractivity (Wildman–Crippen MR) is 157 cm³/mol. The summed E-state index contributed by atoms with van der Waals surface area (Å²) in [4.78, 5) is 13.9. The van der Waals surface area contributed by atoms with Gasteiger partial charge in [0.15, 0.2) is 6.29 Å². The van der Waals surface area contributed by atoms with E-state index in [-0.39, 0.29) is 31.5 Å². The zero-order chi connectivity index (χ0) is 29.2. The number of alkyl carbamates (subject to hydrolysis) is 1. The molecule has 1 aliphatic rings. The number of amides is 1. The third-order valence-electron chi connectivity index (χ3n) is 7.42. The van der Waals surface area contributed by atoms with Gasteiger partial charge in [0.05, 0.1) is 24.9 Å². The third-order valence-corrected chi connectivity index (χ3v) is 7.42. The molecule has 1 fully saturated rings. The van der Waals surface area contributed by atoms with E-state index in [0.29, 0.717) is 19.5 Å². The first-order valence-electron chi connectivity index (χ1n) is 13.9. The highest BCUT2D eigenvalue weighted by Gasteiger charge is 2.34. The van der Waals surface area contributed by atoms with Crippen molar-refractivity contribution >= 4 is 6.09 Å². The summed E-state index contributed by atoms with van der Waals surface area (Å²) in [5.41, 5.74) is 4.51. The van der Waals surface area contributed by atoms with Crippen LogP contribution in [0.3, 0.4) is 0 Å². The van der Waals surface area contributed by atoms with Gasteiger partial charge < -0.3 is 29.7 Å². The Bertz CT molecular complexity index is 1230. The topological polar surface area (TPSA) is 100 Å². The van der Waals surface area contributed by atoms with E-state index in [2.05, 4.69) is 16.8 Å². The predicted octanol–water partition coefficient (Wildman–Crippen LogP) is 5.19. The lowest BCUT2D eigenvalue weighted by molar-refractivity contribution is -0.253. The fourth-order valence-electron chi connectivity index (χ4n) is 4.84. The number of benzene rings is 3. The molecular weight excluding hydrogens is 520 g/mol. The quantitative estimate of drug-likeness (QED) is 0.262. The van der Waals surface area contributed by atoms with Crippen molar-refractivity contribution in [3.05, 3.63) is 119 Å². The van der Waals surface area contributed by atoms with Gasteiger partial charge in [-0.25, -0.2) is 4.79 Å². The average Bonchev–Trinajstić information content (AvgIpc) is 3.02. The van der Waals surface area contributed by atoms with Crippen molar-refractivity contribution in [3.63, 3.8) is 0 Å². The highest BCUT2D eigenvalue weighted by Crippen LogP contribution is 2.38. The molecule has 41 heavy (non-hydrogen) atoms. The number of carbonyl (C=O) groups is 1. The Morgan fingerprint density at radius 3 is 2.37 bits per heavy atom. The molecule has 5 atom stereocenters. The van der Waals surface area contributed by atoms with Crippen molar-refractivity contribution in [3.8, 4) is 0 Å². The fourth-order valence-corrected chi connectivity index (χ4v) is 4.84. The Balaban J connectivity index is 1.47. The number of nitrogens with one attached hydrogen (secondary N) is 1. The van der Waals surface area contributed by atoms with Gasteiger partial charge in [0.1, 0.15) is 6.61 Å². The Labute approximate surface area is 242 Å². The van der Waals surface area contributed by atoms with Gasteiger partial charge in [-0.15, -0.1) is 0 Å². The van der Waals surface area contributed by atoms with E-state index in [0.717, 1.165) is 27.8 Å². The van der Waals surface area contributed by atoms with Crippen molar-refractivity contribution in [2.24, 2.45) is 0 Å². The number of carbonyl (C=O) groups excluding carboxylic acids is 1. The molecule has 8 nitrogen and oxygen atoms in total. The number of rotatable bonds is 12. The molecule has 0 spiro atoms. The third kappa shape index (κ3) is 8.48. The molecule has 4 rings (SSSR count). The van der Waals surface area contributed by atoms with Crippen LogP contribution in [0, 0.1) is 0 Å². The molecular formula is C33H40N2O6. The Hall–Kier alpha value is -3.53. The van der Waals surface area contributed by atoms with Crippen LogP contribution >= 0.6 is 0 Å². The lowest BCUT2D eigenvalue weighted by Crippen LogP contribution is -2.43. The van der Waals surface area contributed by atoms with Gasteiger partial charge in [0.2, 0.25) is 0 Å². The average molecular weight is 561 g/mol. The van der Waals surface area contributed by atoms with Crippen LogP contribution in [0.2, 0.25) is 0 Å². The normalized spacial score (nSPS) is 20.3. The van der Waals surface area contributed by atoms with Crippen LogP contribution in [0.1, 0.15) is 59.7 Å². The van der Waals surface area contributed by atoms with E-state index in [1.807, 2.05) is 92.8 Å². The fraction of sp³-hybridized carbons (Fsp3) is 0.364.